The zero-order valence-corrected chi connectivity index (χ0v) is 14.7. The largest absolute Gasteiger partial charge is 0.374 e. The molecule has 2 aromatic carbocycles. The van der Waals surface area contributed by atoms with Gasteiger partial charge in [0, 0.05) is 12.6 Å². The fraction of sp³-hybridized carbons (Fsp3) is 0.278. The number of nitrogens with two attached hydrogens (primary N) is 1. The van der Waals surface area contributed by atoms with Gasteiger partial charge in [0.2, 0.25) is 15.0 Å². The van der Waals surface area contributed by atoms with E-state index in [0.717, 1.165) is 5.56 Å². The van der Waals surface area contributed by atoms with Crippen LogP contribution in [-0.2, 0) is 21.2 Å². The van der Waals surface area contributed by atoms with E-state index in [1.807, 2.05) is 30.3 Å². The Kier molecular flexibility index (Phi) is 6.66. The molecule has 0 radical (unpaired) electrons. The Labute approximate surface area is 147 Å². The van der Waals surface area contributed by atoms with Crippen LogP contribution in [0.5, 0.6) is 0 Å². The topological polar surface area (TPSA) is 81.8 Å². The number of sulfone groups is 1. The van der Waals surface area contributed by atoms with Crippen molar-refractivity contribution in [1.82, 2.24) is 0 Å². The van der Waals surface area contributed by atoms with Crippen molar-refractivity contribution in [2.45, 2.75) is 19.1 Å². The SMILES string of the molecule is CN=C(N)S(=O)(=O)CCC(OCc1ccccc1F)c1ccccc1. The van der Waals surface area contributed by atoms with Crippen LogP contribution in [0.2, 0.25) is 0 Å². The molecule has 0 aromatic heterocycles. The van der Waals surface area contributed by atoms with Crippen LogP contribution in [0.1, 0.15) is 23.7 Å². The highest BCUT2D eigenvalue weighted by Crippen LogP contribution is 2.24. The summed E-state index contributed by atoms with van der Waals surface area (Å²) in [7, 11) is -2.30. The molecule has 0 fully saturated rings. The third kappa shape index (κ3) is 5.37. The Bertz CT molecular complexity index is 823. The maximum atomic E-state index is 13.8. The van der Waals surface area contributed by atoms with Crippen LogP contribution in [0.25, 0.3) is 0 Å². The quantitative estimate of drug-likeness (QED) is 0.605. The van der Waals surface area contributed by atoms with Gasteiger partial charge in [-0.3, -0.25) is 4.99 Å². The first-order valence-corrected chi connectivity index (χ1v) is 9.44. The molecule has 0 saturated heterocycles. The molecular weight excluding hydrogens is 343 g/mol. The lowest BCUT2D eigenvalue weighted by molar-refractivity contribution is 0.0361. The summed E-state index contributed by atoms with van der Waals surface area (Å²) in [6.07, 6.45) is -0.308. The van der Waals surface area contributed by atoms with Crippen LogP contribution >= 0.6 is 0 Å². The molecule has 0 heterocycles. The molecule has 1 atom stereocenters. The molecule has 7 heteroatoms. The van der Waals surface area contributed by atoms with Gasteiger partial charge in [-0.2, -0.15) is 0 Å². The number of hydrogen-bond acceptors (Lipinski definition) is 4. The summed E-state index contributed by atoms with van der Waals surface area (Å²) in [6.45, 7) is 0.0453. The summed E-state index contributed by atoms with van der Waals surface area (Å²) in [6, 6.07) is 15.5. The summed E-state index contributed by atoms with van der Waals surface area (Å²) in [5.74, 6) is -0.559. The van der Waals surface area contributed by atoms with Gasteiger partial charge in [0.1, 0.15) is 5.82 Å². The number of amidine groups is 1. The summed E-state index contributed by atoms with van der Waals surface area (Å²) in [4.78, 5) is 3.53. The monoisotopic (exact) mass is 364 g/mol. The lowest BCUT2D eigenvalue weighted by atomic mass is 10.1. The molecule has 134 valence electrons. The van der Waals surface area contributed by atoms with Crippen molar-refractivity contribution in [2.24, 2.45) is 10.7 Å². The van der Waals surface area contributed by atoms with Gasteiger partial charge >= 0.3 is 0 Å². The molecule has 25 heavy (non-hydrogen) atoms. The van der Waals surface area contributed by atoms with Crippen molar-refractivity contribution in [1.29, 1.82) is 0 Å². The molecule has 0 amide bonds. The number of hydrogen-bond donors (Lipinski definition) is 1. The van der Waals surface area contributed by atoms with Gasteiger partial charge in [0.15, 0.2) is 0 Å². The van der Waals surface area contributed by atoms with Crippen molar-refractivity contribution in [2.75, 3.05) is 12.8 Å². The second-order valence-electron chi connectivity index (χ2n) is 5.47. The average molecular weight is 364 g/mol. The third-order valence-electron chi connectivity index (χ3n) is 3.76. The first kappa shape index (κ1) is 19.1. The fourth-order valence-corrected chi connectivity index (χ4v) is 3.34. The van der Waals surface area contributed by atoms with E-state index in [9.17, 15) is 12.8 Å². The zero-order chi connectivity index (χ0) is 18.3. The van der Waals surface area contributed by atoms with Crippen molar-refractivity contribution >= 4 is 15.0 Å². The van der Waals surface area contributed by atoms with E-state index in [-0.39, 0.29) is 24.6 Å². The van der Waals surface area contributed by atoms with Crippen LogP contribution in [0.15, 0.2) is 59.6 Å². The standard InChI is InChI=1S/C18H21FN2O3S/c1-21-18(20)25(22,23)12-11-17(14-7-3-2-4-8-14)24-13-15-9-5-6-10-16(15)19/h2-10,17H,11-13H2,1H3,(H2,20,21). The first-order chi connectivity index (χ1) is 11.9. The van der Waals surface area contributed by atoms with Crippen molar-refractivity contribution in [3.8, 4) is 0 Å². The number of ether oxygens (including phenoxy) is 1. The van der Waals surface area contributed by atoms with Crippen LogP contribution < -0.4 is 5.73 Å². The minimum absolute atomic E-state index is 0.0453. The molecule has 5 nitrogen and oxygen atoms in total. The Morgan fingerprint density at radius 1 is 1.16 bits per heavy atom. The Hall–Kier alpha value is -2.25. The van der Waals surface area contributed by atoms with Gasteiger partial charge < -0.3 is 10.5 Å². The zero-order valence-electron chi connectivity index (χ0n) is 13.9. The second kappa shape index (κ2) is 8.73. The van der Waals surface area contributed by atoms with E-state index in [2.05, 4.69) is 4.99 Å². The number of aliphatic imine (C=N–C) groups is 1. The average Bonchev–Trinajstić information content (AvgIpc) is 2.63. The van der Waals surface area contributed by atoms with E-state index in [1.165, 1.54) is 13.1 Å². The van der Waals surface area contributed by atoms with Crippen molar-refractivity contribution < 1.29 is 17.5 Å². The number of nitrogens with zero attached hydrogens (tertiary/aromatic N) is 1. The minimum Gasteiger partial charge on any atom is -0.374 e. The molecule has 2 rings (SSSR count). The van der Waals surface area contributed by atoms with Gasteiger partial charge in [-0.25, -0.2) is 12.8 Å². The van der Waals surface area contributed by atoms with Crippen LogP contribution in [0.3, 0.4) is 0 Å². The summed E-state index contributed by atoms with van der Waals surface area (Å²) in [5, 5.41) is -0.395. The molecule has 0 saturated carbocycles. The molecule has 0 aliphatic heterocycles. The molecule has 0 bridgehead atoms. The van der Waals surface area contributed by atoms with Crippen LogP contribution in [0, 0.1) is 5.82 Å². The highest BCUT2D eigenvalue weighted by Gasteiger charge is 2.21. The Morgan fingerprint density at radius 2 is 1.80 bits per heavy atom. The molecule has 2 aromatic rings. The van der Waals surface area contributed by atoms with Gasteiger partial charge in [-0.05, 0) is 18.1 Å². The lowest BCUT2D eigenvalue weighted by Crippen LogP contribution is -2.27. The Balaban J connectivity index is 2.13. The number of benzene rings is 2. The van der Waals surface area contributed by atoms with Gasteiger partial charge in [-0.1, -0.05) is 48.5 Å². The van der Waals surface area contributed by atoms with Crippen LogP contribution in [-0.4, -0.2) is 26.4 Å². The van der Waals surface area contributed by atoms with E-state index in [1.54, 1.807) is 18.2 Å². The highest BCUT2D eigenvalue weighted by molar-refractivity contribution is 8.06. The molecule has 0 aliphatic carbocycles. The molecule has 1 unspecified atom stereocenters. The van der Waals surface area contributed by atoms with Gasteiger partial charge in [0.25, 0.3) is 0 Å². The van der Waals surface area contributed by atoms with Crippen molar-refractivity contribution in [3.05, 3.63) is 71.5 Å². The smallest absolute Gasteiger partial charge is 0.213 e. The molecule has 0 aliphatic rings. The third-order valence-corrected chi connectivity index (χ3v) is 5.35. The summed E-state index contributed by atoms with van der Waals surface area (Å²) >= 11 is 0. The van der Waals surface area contributed by atoms with Gasteiger partial charge in [0.05, 0.1) is 18.5 Å². The predicted octanol–water partition coefficient (Wildman–Crippen LogP) is 2.83. The number of halogens is 1. The molecular formula is C18H21FN2O3S. The van der Waals surface area contributed by atoms with E-state index >= 15 is 0 Å². The molecule has 2 N–H and O–H groups in total. The lowest BCUT2D eigenvalue weighted by Gasteiger charge is -2.19. The predicted molar refractivity (Wildman–Crippen MR) is 96.3 cm³/mol. The highest BCUT2D eigenvalue weighted by atomic mass is 32.2. The maximum absolute atomic E-state index is 13.8. The van der Waals surface area contributed by atoms with E-state index in [4.69, 9.17) is 10.5 Å². The first-order valence-electron chi connectivity index (χ1n) is 7.79. The minimum atomic E-state index is -3.63. The van der Waals surface area contributed by atoms with Crippen LogP contribution in [0.4, 0.5) is 4.39 Å². The second-order valence-corrected chi connectivity index (χ2v) is 7.53. The van der Waals surface area contributed by atoms with E-state index in [0.29, 0.717) is 5.56 Å². The van der Waals surface area contributed by atoms with Crippen molar-refractivity contribution in [3.63, 3.8) is 0 Å². The molecule has 0 spiro atoms. The fourth-order valence-electron chi connectivity index (χ4n) is 2.33. The van der Waals surface area contributed by atoms with E-state index < -0.39 is 21.1 Å². The summed E-state index contributed by atoms with van der Waals surface area (Å²) < 4.78 is 43.7. The normalized spacial score (nSPS) is 13.6. The summed E-state index contributed by atoms with van der Waals surface area (Å²) in [5.41, 5.74) is 6.67. The Morgan fingerprint density at radius 3 is 2.44 bits per heavy atom. The van der Waals surface area contributed by atoms with Gasteiger partial charge in [-0.15, -0.1) is 0 Å². The maximum Gasteiger partial charge on any atom is 0.213 e. The number of rotatable bonds is 7.